The monoisotopic (exact) mass is 387 g/mol. The maximum absolute atomic E-state index is 6.07. The van der Waals surface area contributed by atoms with Crippen molar-refractivity contribution in [1.29, 1.82) is 0 Å². The number of benzene rings is 1. The summed E-state index contributed by atoms with van der Waals surface area (Å²) in [5.41, 5.74) is 6.32. The smallest absolute Gasteiger partial charge is 0.161 e. The first-order valence-corrected chi connectivity index (χ1v) is 10.4. The van der Waals surface area contributed by atoms with Gasteiger partial charge < -0.3 is 14.4 Å². The Kier molecular flexibility index (Phi) is 5.75. The molecule has 4 rings (SSSR count). The molecule has 0 bridgehead atoms. The van der Waals surface area contributed by atoms with Crippen molar-refractivity contribution in [2.24, 2.45) is 5.92 Å². The van der Waals surface area contributed by atoms with E-state index in [0.29, 0.717) is 12.5 Å². The standard InChI is InChI=1S/C26H29NO2/c1-19-13-14-27-17-24(20(2)9-11-23(27)15-19)22-10-12-25(26(16-22)28-3)29-18-21-7-5-4-6-8-21/h4-5,7,10-17,20H,6,8-9,18H2,1-3H3. The van der Waals surface area contributed by atoms with Crippen molar-refractivity contribution in [3.8, 4) is 11.5 Å². The molecule has 1 aromatic carbocycles. The number of hydrogen-bond donors (Lipinski definition) is 0. The van der Waals surface area contributed by atoms with Gasteiger partial charge in [-0.05, 0) is 78.7 Å². The summed E-state index contributed by atoms with van der Waals surface area (Å²) < 4.78 is 11.7. The van der Waals surface area contributed by atoms with Crippen LogP contribution >= 0.6 is 0 Å². The second kappa shape index (κ2) is 8.60. The third-order valence-corrected chi connectivity index (χ3v) is 5.67. The Morgan fingerprint density at radius 1 is 1.21 bits per heavy atom. The van der Waals surface area contributed by atoms with Crippen molar-refractivity contribution in [2.75, 3.05) is 13.7 Å². The van der Waals surface area contributed by atoms with E-state index in [1.807, 2.05) is 6.07 Å². The van der Waals surface area contributed by atoms with Crippen molar-refractivity contribution in [2.45, 2.75) is 33.1 Å². The molecule has 0 amide bonds. The zero-order valence-electron chi connectivity index (χ0n) is 17.5. The second-order valence-electron chi connectivity index (χ2n) is 7.91. The Morgan fingerprint density at radius 3 is 2.90 bits per heavy atom. The molecule has 0 aromatic heterocycles. The van der Waals surface area contributed by atoms with Gasteiger partial charge in [0.2, 0.25) is 0 Å². The molecule has 1 unspecified atom stereocenters. The normalized spacial score (nSPS) is 20.8. The third kappa shape index (κ3) is 4.40. The molecule has 1 aliphatic carbocycles. The molecule has 0 spiro atoms. The highest BCUT2D eigenvalue weighted by Gasteiger charge is 2.19. The van der Waals surface area contributed by atoms with E-state index in [1.165, 1.54) is 28.0 Å². The van der Waals surface area contributed by atoms with E-state index >= 15 is 0 Å². The highest BCUT2D eigenvalue weighted by molar-refractivity contribution is 5.70. The van der Waals surface area contributed by atoms with E-state index in [4.69, 9.17) is 9.47 Å². The molecule has 1 atom stereocenters. The molecule has 0 saturated carbocycles. The summed E-state index contributed by atoms with van der Waals surface area (Å²) in [6, 6.07) is 6.29. The molecule has 2 heterocycles. The Balaban J connectivity index is 1.57. The molecule has 29 heavy (non-hydrogen) atoms. The number of hydrogen-bond acceptors (Lipinski definition) is 3. The number of nitrogens with zero attached hydrogens (tertiary/aromatic N) is 1. The summed E-state index contributed by atoms with van der Waals surface area (Å²) in [5.74, 6) is 2.00. The second-order valence-corrected chi connectivity index (χ2v) is 7.91. The lowest BCUT2D eigenvalue weighted by Crippen LogP contribution is -2.11. The van der Waals surface area contributed by atoms with Gasteiger partial charge >= 0.3 is 0 Å². The SMILES string of the molecule is COc1cc(C2=CN3C=CC(C)=CC3=CCC2C)ccc1OCC1=CC=CCC1. The largest absolute Gasteiger partial charge is 0.493 e. The lowest BCUT2D eigenvalue weighted by molar-refractivity contribution is 0.316. The Morgan fingerprint density at radius 2 is 2.10 bits per heavy atom. The Labute approximate surface area is 174 Å². The lowest BCUT2D eigenvalue weighted by Gasteiger charge is -2.22. The molecule has 3 nitrogen and oxygen atoms in total. The summed E-state index contributed by atoms with van der Waals surface area (Å²) >= 11 is 0. The van der Waals surface area contributed by atoms with Crippen LogP contribution in [0.4, 0.5) is 0 Å². The van der Waals surface area contributed by atoms with E-state index in [2.05, 4.69) is 79.7 Å². The van der Waals surface area contributed by atoms with Gasteiger partial charge in [0.25, 0.3) is 0 Å². The van der Waals surface area contributed by atoms with Gasteiger partial charge in [-0.15, -0.1) is 0 Å². The lowest BCUT2D eigenvalue weighted by atomic mass is 9.92. The molecule has 150 valence electrons. The van der Waals surface area contributed by atoms with Gasteiger partial charge in [0.05, 0.1) is 7.11 Å². The van der Waals surface area contributed by atoms with Crippen molar-refractivity contribution < 1.29 is 9.47 Å². The van der Waals surface area contributed by atoms with Crippen LogP contribution in [0.15, 0.2) is 83.9 Å². The minimum Gasteiger partial charge on any atom is -0.493 e. The van der Waals surface area contributed by atoms with Crippen LogP contribution < -0.4 is 9.47 Å². The topological polar surface area (TPSA) is 21.7 Å². The van der Waals surface area contributed by atoms with E-state index in [-0.39, 0.29) is 0 Å². The first-order chi connectivity index (χ1) is 14.1. The van der Waals surface area contributed by atoms with Crippen LogP contribution in [-0.4, -0.2) is 18.6 Å². The van der Waals surface area contributed by atoms with Crippen LogP contribution in [0.5, 0.6) is 11.5 Å². The highest BCUT2D eigenvalue weighted by atomic mass is 16.5. The van der Waals surface area contributed by atoms with Gasteiger partial charge in [-0.25, -0.2) is 0 Å². The van der Waals surface area contributed by atoms with Crippen molar-refractivity contribution >= 4 is 5.57 Å². The van der Waals surface area contributed by atoms with Crippen LogP contribution in [0, 0.1) is 5.92 Å². The third-order valence-electron chi connectivity index (χ3n) is 5.67. The number of rotatable bonds is 5. The molecule has 0 N–H and O–H groups in total. The molecule has 3 aliphatic rings. The molecular weight excluding hydrogens is 358 g/mol. The average molecular weight is 388 g/mol. The Bertz CT molecular complexity index is 959. The van der Waals surface area contributed by atoms with Gasteiger partial charge in [-0.3, -0.25) is 0 Å². The van der Waals surface area contributed by atoms with E-state index in [9.17, 15) is 0 Å². The van der Waals surface area contributed by atoms with Crippen LogP contribution in [0.3, 0.4) is 0 Å². The Hall–Kier alpha value is -2.94. The zero-order chi connectivity index (χ0) is 20.2. The van der Waals surface area contributed by atoms with Gasteiger partial charge in [-0.2, -0.15) is 0 Å². The number of ether oxygens (including phenoxy) is 2. The number of methoxy groups -OCH3 is 1. The van der Waals surface area contributed by atoms with E-state index < -0.39 is 0 Å². The first-order valence-electron chi connectivity index (χ1n) is 10.4. The summed E-state index contributed by atoms with van der Waals surface area (Å²) in [6.07, 6.45) is 20.7. The van der Waals surface area contributed by atoms with Gasteiger partial charge in [0.1, 0.15) is 6.61 Å². The fourth-order valence-electron chi connectivity index (χ4n) is 3.89. The fourth-order valence-corrected chi connectivity index (χ4v) is 3.89. The average Bonchev–Trinajstić information content (AvgIpc) is 2.91. The minimum absolute atomic E-state index is 0.422. The highest BCUT2D eigenvalue weighted by Crippen LogP contribution is 2.37. The number of allylic oxidation sites excluding steroid dienone is 8. The van der Waals surface area contributed by atoms with Crippen LogP contribution in [-0.2, 0) is 0 Å². The zero-order valence-corrected chi connectivity index (χ0v) is 17.5. The fraction of sp³-hybridized carbons (Fsp3) is 0.308. The van der Waals surface area contributed by atoms with Crippen molar-refractivity contribution in [1.82, 2.24) is 4.90 Å². The molecule has 1 aromatic rings. The van der Waals surface area contributed by atoms with Gasteiger partial charge in [-0.1, -0.05) is 37.3 Å². The molecule has 2 aliphatic heterocycles. The molecule has 3 heteroatoms. The number of fused-ring (bicyclic) bond motifs is 1. The van der Waals surface area contributed by atoms with Crippen LogP contribution in [0.2, 0.25) is 0 Å². The minimum atomic E-state index is 0.422. The summed E-state index contributed by atoms with van der Waals surface area (Å²) in [7, 11) is 1.71. The predicted molar refractivity (Wildman–Crippen MR) is 120 cm³/mol. The van der Waals surface area contributed by atoms with Crippen LogP contribution in [0.25, 0.3) is 5.57 Å². The molecular formula is C26H29NO2. The van der Waals surface area contributed by atoms with Gasteiger partial charge in [0.15, 0.2) is 11.5 Å². The molecule has 0 fully saturated rings. The van der Waals surface area contributed by atoms with Crippen LogP contribution in [0.1, 0.15) is 38.7 Å². The predicted octanol–water partition coefficient (Wildman–Crippen LogP) is 6.39. The van der Waals surface area contributed by atoms with Crippen molar-refractivity contribution in [3.63, 3.8) is 0 Å². The maximum Gasteiger partial charge on any atom is 0.161 e. The molecule has 0 saturated heterocycles. The maximum atomic E-state index is 6.07. The quantitative estimate of drug-likeness (QED) is 0.584. The molecule has 0 radical (unpaired) electrons. The van der Waals surface area contributed by atoms with E-state index in [0.717, 1.165) is 30.8 Å². The summed E-state index contributed by atoms with van der Waals surface area (Å²) in [6.45, 7) is 5.02. The summed E-state index contributed by atoms with van der Waals surface area (Å²) in [4.78, 5) is 2.21. The first kappa shape index (κ1) is 19.4. The van der Waals surface area contributed by atoms with Crippen molar-refractivity contribution in [3.05, 3.63) is 89.5 Å². The summed E-state index contributed by atoms with van der Waals surface area (Å²) in [5, 5.41) is 0. The van der Waals surface area contributed by atoms with Gasteiger partial charge in [0, 0.05) is 18.1 Å². The van der Waals surface area contributed by atoms with E-state index in [1.54, 1.807) is 7.11 Å².